The lowest BCUT2D eigenvalue weighted by Crippen LogP contribution is -2.28. The number of hydrogen-bond acceptors (Lipinski definition) is 2. The third-order valence-corrected chi connectivity index (χ3v) is 3.04. The molecule has 0 bridgehead atoms. The van der Waals surface area contributed by atoms with Gasteiger partial charge in [0.25, 0.3) is 5.91 Å². The summed E-state index contributed by atoms with van der Waals surface area (Å²) in [6.45, 7) is 3.30. The van der Waals surface area contributed by atoms with Crippen molar-refractivity contribution in [2.24, 2.45) is 5.92 Å². The van der Waals surface area contributed by atoms with Crippen LogP contribution in [0.1, 0.15) is 23.7 Å². The van der Waals surface area contributed by atoms with E-state index < -0.39 is 17.3 Å². The maximum atomic E-state index is 13.2. The predicted molar refractivity (Wildman–Crippen MR) is 60.5 cm³/mol. The highest BCUT2D eigenvalue weighted by atomic mass is 19.1. The van der Waals surface area contributed by atoms with Crippen molar-refractivity contribution in [3.05, 3.63) is 29.3 Å². The zero-order chi connectivity index (χ0) is 12.6. The summed E-state index contributed by atoms with van der Waals surface area (Å²) in [5.41, 5.74) is 4.62. The summed E-state index contributed by atoms with van der Waals surface area (Å²) in [7, 11) is 0. The molecule has 1 aromatic rings. The molecule has 0 saturated carbocycles. The molecule has 1 amide bonds. The van der Waals surface area contributed by atoms with Crippen molar-refractivity contribution in [3.63, 3.8) is 0 Å². The van der Waals surface area contributed by atoms with Crippen LogP contribution in [0.2, 0.25) is 0 Å². The standard InChI is InChI=1S/C12H14F2N2O/c1-7-2-3-16(6-7)12(17)8-4-9(13)11(15)10(14)5-8/h4-5,7H,2-3,6,15H2,1H3. The molecule has 0 radical (unpaired) electrons. The highest BCUT2D eigenvalue weighted by Crippen LogP contribution is 2.21. The average Bonchev–Trinajstić information content (AvgIpc) is 2.71. The second kappa shape index (κ2) is 4.31. The van der Waals surface area contributed by atoms with Crippen LogP contribution in [0, 0.1) is 17.6 Å². The molecule has 1 fully saturated rings. The topological polar surface area (TPSA) is 46.3 Å². The lowest BCUT2D eigenvalue weighted by Gasteiger charge is -2.16. The molecule has 2 N–H and O–H groups in total. The van der Waals surface area contributed by atoms with Crippen molar-refractivity contribution in [2.75, 3.05) is 18.8 Å². The molecular weight excluding hydrogens is 226 g/mol. The van der Waals surface area contributed by atoms with Gasteiger partial charge in [0.15, 0.2) is 0 Å². The molecule has 2 rings (SSSR count). The molecule has 1 saturated heterocycles. The Balaban J connectivity index is 2.25. The molecule has 1 heterocycles. The monoisotopic (exact) mass is 240 g/mol. The van der Waals surface area contributed by atoms with Gasteiger partial charge in [-0.1, -0.05) is 6.92 Å². The molecule has 0 aliphatic carbocycles. The molecule has 5 heteroatoms. The van der Waals surface area contributed by atoms with E-state index >= 15 is 0 Å². The van der Waals surface area contributed by atoms with E-state index in [4.69, 9.17) is 5.73 Å². The lowest BCUT2D eigenvalue weighted by atomic mass is 10.1. The Morgan fingerprint density at radius 1 is 1.41 bits per heavy atom. The maximum absolute atomic E-state index is 13.2. The lowest BCUT2D eigenvalue weighted by molar-refractivity contribution is 0.0787. The van der Waals surface area contributed by atoms with Crippen molar-refractivity contribution in [2.45, 2.75) is 13.3 Å². The Kier molecular flexibility index (Phi) is 3.00. The van der Waals surface area contributed by atoms with Crippen molar-refractivity contribution in [1.29, 1.82) is 0 Å². The first-order chi connectivity index (χ1) is 7.99. The van der Waals surface area contributed by atoms with Gasteiger partial charge in [0.2, 0.25) is 0 Å². The number of amides is 1. The predicted octanol–water partition coefficient (Wildman–Crippen LogP) is 2.03. The first-order valence-electron chi connectivity index (χ1n) is 5.53. The molecule has 1 atom stereocenters. The molecular formula is C12H14F2N2O. The third kappa shape index (κ3) is 2.23. The van der Waals surface area contributed by atoms with Crippen LogP contribution >= 0.6 is 0 Å². The van der Waals surface area contributed by atoms with E-state index in [1.807, 2.05) is 6.92 Å². The SMILES string of the molecule is CC1CCN(C(=O)c2cc(F)c(N)c(F)c2)C1. The fourth-order valence-corrected chi connectivity index (χ4v) is 2.01. The second-order valence-electron chi connectivity index (χ2n) is 4.50. The summed E-state index contributed by atoms with van der Waals surface area (Å²) in [5.74, 6) is -1.68. The molecule has 17 heavy (non-hydrogen) atoms. The number of benzene rings is 1. The quantitative estimate of drug-likeness (QED) is 0.763. The fraction of sp³-hybridized carbons (Fsp3) is 0.417. The van der Waals surface area contributed by atoms with Crippen LogP contribution in [0.15, 0.2) is 12.1 Å². The van der Waals surface area contributed by atoms with Gasteiger partial charge in [0.05, 0.1) is 0 Å². The van der Waals surface area contributed by atoms with Crippen LogP contribution in [0.5, 0.6) is 0 Å². The Hall–Kier alpha value is -1.65. The molecule has 1 aliphatic rings. The van der Waals surface area contributed by atoms with Crippen molar-refractivity contribution in [3.8, 4) is 0 Å². The highest BCUT2D eigenvalue weighted by molar-refractivity contribution is 5.94. The van der Waals surface area contributed by atoms with Crippen LogP contribution < -0.4 is 5.73 Å². The molecule has 0 spiro atoms. The fourth-order valence-electron chi connectivity index (χ4n) is 2.01. The number of rotatable bonds is 1. The minimum absolute atomic E-state index is 0.0169. The summed E-state index contributed by atoms with van der Waals surface area (Å²) in [6, 6.07) is 1.98. The van der Waals surface area contributed by atoms with E-state index in [0.717, 1.165) is 18.6 Å². The number of nitrogens with two attached hydrogens (primary N) is 1. The van der Waals surface area contributed by atoms with Gasteiger partial charge in [-0.25, -0.2) is 8.78 Å². The van der Waals surface area contributed by atoms with Crippen LogP contribution in [0.25, 0.3) is 0 Å². The van der Waals surface area contributed by atoms with Gasteiger partial charge in [-0.15, -0.1) is 0 Å². The smallest absolute Gasteiger partial charge is 0.254 e. The summed E-state index contributed by atoms with van der Waals surface area (Å²) in [4.78, 5) is 13.6. The number of nitrogen functional groups attached to an aromatic ring is 1. The first kappa shape index (κ1) is 11.8. The molecule has 1 unspecified atom stereocenters. The summed E-state index contributed by atoms with van der Waals surface area (Å²) in [5, 5.41) is 0. The van der Waals surface area contributed by atoms with Gasteiger partial charge in [0, 0.05) is 18.7 Å². The van der Waals surface area contributed by atoms with Crippen molar-refractivity contribution in [1.82, 2.24) is 4.90 Å². The van der Waals surface area contributed by atoms with Crippen molar-refractivity contribution >= 4 is 11.6 Å². The number of likely N-dealkylation sites (tertiary alicyclic amines) is 1. The minimum atomic E-state index is -0.888. The molecule has 92 valence electrons. The minimum Gasteiger partial charge on any atom is -0.394 e. The number of anilines is 1. The number of hydrogen-bond donors (Lipinski definition) is 1. The first-order valence-corrected chi connectivity index (χ1v) is 5.53. The van der Waals surface area contributed by atoms with E-state index in [2.05, 4.69) is 0 Å². The van der Waals surface area contributed by atoms with Gasteiger partial charge in [-0.3, -0.25) is 4.79 Å². The zero-order valence-corrected chi connectivity index (χ0v) is 9.54. The highest BCUT2D eigenvalue weighted by Gasteiger charge is 2.25. The Morgan fingerprint density at radius 3 is 2.47 bits per heavy atom. The Labute approximate surface area is 98.2 Å². The van der Waals surface area contributed by atoms with Gasteiger partial charge >= 0.3 is 0 Å². The van der Waals surface area contributed by atoms with E-state index in [-0.39, 0.29) is 11.5 Å². The van der Waals surface area contributed by atoms with Gasteiger partial charge in [0.1, 0.15) is 17.3 Å². The largest absolute Gasteiger partial charge is 0.394 e. The van der Waals surface area contributed by atoms with E-state index in [1.54, 1.807) is 4.90 Å². The number of carbonyl (C=O) groups is 1. The zero-order valence-electron chi connectivity index (χ0n) is 9.54. The second-order valence-corrected chi connectivity index (χ2v) is 4.50. The third-order valence-electron chi connectivity index (χ3n) is 3.04. The van der Waals surface area contributed by atoms with E-state index in [1.165, 1.54) is 0 Å². The Morgan fingerprint density at radius 2 is 2.00 bits per heavy atom. The van der Waals surface area contributed by atoms with E-state index in [9.17, 15) is 13.6 Å². The summed E-state index contributed by atoms with van der Waals surface area (Å²) < 4.78 is 26.5. The van der Waals surface area contributed by atoms with Crippen LogP contribution in [-0.2, 0) is 0 Å². The van der Waals surface area contributed by atoms with Crippen LogP contribution in [-0.4, -0.2) is 23.9 Å². The Bertz CT molecular complexity index is 439. The van der Waals surface area contributed by atoms with Gasteiger partial charge < -0.3 is 10.6 Å². The summed E-state index contributed by atoms with van der Waals surface area (Å²) >= 11 is 0. The number of carbonyl (C=O) groups excluding carboxylic acids is 1. The normalized spacial score (nSPS) is 19.7. The van der Waals surface area contributed by atoms with Gasteiger partial charge in [-0.2, -0.15) is 0 Å². The maximum Gasteiger partial charge on any atom is 0.254 e. The molecule has 3 nitrogen and oxygen atoms in total. The van der Waals surface area contributed by atoms with Crippen LogP contribution in [0.4, 0.5) is 14.5 Å². The molecule has 1 aromatic carbocycles. The number of halogens is 2. The number of nitrogens with zero attached hydrogens (tertiary/aromatic N) is 1. The molecule has 1 aliphatic heterocycles. The molecule has 0 aromatic heterocycles. The van der Waals surface area contributed by atoms with Crippen molar-refractivity contribution < 1.29 is 13.6 Å². The average molecular weight is 240 g/mol. The summed E-state index contributed by atoms with van der Waals surface area (Å²) in [6.07, 6.45) is 0.922. The van der Waals surface area contributed by atoms with Crippen LogP contribution in [0.3, 0.4) is 0 Å². The van der Waals surface area contributed by atoms with Gasteiger partial charge in [-0.05, 0) is 24.5 Å². The van der Waals surface area contributed by atoms with E-state index in [0.29, 0.717) is 19.0 Å².